The SMILES string of the molecule is COc1ccc(OC2CCCCC2CN)c(C(C)(C)C)c1. The molecule has 0 saturated heterocycles. The number of rotatable bonds is 4. The van der Waals surface area contributed by atoms with Gasteiger partial charge in [0.15, 0.2) is 0 Å². The molecule has 0 heterocycles. The number of benzene rings is 1. The molecule has 1 saturated carbocycles. The van der Waals surface area contributed by atoms with Crippen molar-refractivity contribution in [2.24, 2.45) is 11.7 Å². The molecule has 2 rings (SSSR count). The van der Waals surface area contributed by atoms with Crippen molar-refractivity contribution in [3.05, 3.63) is 23.8 Å². The molecule has 1 aromatic rings. The first kappa shape index (κ1) is 16.2. The van der Waals surface area contributed by atoms with Crippen molar-refractivity contribution < 1.29 is 9.47 Å². The third kappa shape index (κ3) is 3.91. The summed E-state index contributed by atoms with van der Waals surface area (Å²) in [6.07, 6.45) is 5.05. The molecule has 1 aromatic carbocycles. The zero-order valence-electron chi connectivity index (χ0n) is 13.8. The molecule has 2 unspecified atom stereocenters. The van der Waals surface area contributed by atoms with E-state index in [4.69, 9.17) is 15.2 Å². The van der Waals surface area contributed by atoms with Crippen molar-refractivity contribution >= 4 is 0 Å². The van der Waals surface area contributed by atoms with Crippen molar-refractivity contribution in [1.82, 2.24) is 0 Å². The van der Waals surface area contributed by atoms with Crippen molar-refractivity contribution in [3.63, 3.8) is 0 Å². The molecule has 0 bridgehead atoms. The lowest BCUT2D eigenvalue weighted by Gasteiger charge is -2.33. The third-order valence-corrected chi connectivity index (χ3v) is 4.42. The average molecular weight is 291 g/mol. The normalized spacial score (nSPS) is 22.9. The van der Waals surface area contributed by atoms with Gasteiger partial charge in [0.2, 0.25) is 0 Å². The maximum atomic E-state index is 6.38. The summed E-state index contributed by atoms with van der Waals surface area (Å²) in [6.45, 7) is 7.33. The van der Waals surface area contributed by atoms with E-state index in [0.717, 1.165) is 17.9 Å². The molecule has 1 aliphatic rings. The van der Waals surface area contributed by atoms with Crippen LogP contribution in [0, 0.1) is 5.92 Å². The Morgan fingerprint density at radius 2 is 1.90 bits per heavy atom. The Morgan fingerprint density at radius 3 is 2.52 bits per heavy atom. The molecule has 0 amide bonds. The zero-order valence-corrected chi connectivity index (χ0v) is 13.8. The Morgan fingerprint density at radius 1 is 1.19 bits per heavy atom. The van der Waals surface area contributed by atoms with E-state index in [1.165, 1.54) is 24.8 Å². The van der Waals surface area contributed by atoms with Crippen LogP contribution in [0.3, 0.4) is 0 Å². The first-order chi connectivity index (χ1) is 9.95. The molecule has 0 spiro atoms. The van der Waals surface area contributed by atoms with Crippen LogP contribution < -0.4 is 15.2 Å². The predicted molar refractivity (Wildman–Crippen MR) is 87.1 cm³/mol. The van der Waals surface area contributed by atoms with Gasteiger partial charge in [0, 0.05) is 11.5 Å². The first-order valence-electron chi connectivity index (χ1n) is 8.01. The van der Waals surface area contributed by atoms with Crippen LogP contribution in [-0.4, -0.2) is 19.8 Å². The van der Waals surface area contributed by atoms with Gasteiger partial charge in [-0.3, -0.25) is 0 Å². The number of methoxy groups -OCH3 is 1. The first-order valence-corrected chi connectivity index (χ1v) is 8.01. The lowest BCUT2D eigenvalue weighted by atomic mass is 9.84. The highest BCUT2D eigenvalue weighted by Crippen LogP contribution is 2.37. The van der Waals surface area contributed by atoms with Crippen molar-refractivity contribution in [1.29, 1.82) is 0 Å². The van der Waals surface area contributed by atoms with E-state index >= 15 is 0 Å². The van der Waals surface area contributed by atoms with E-state index in [9.17, 15) is 0 Å². The number of hydrogen-bond acceptors (Lipinski definition) is 3. The smallest absolute Gasteiger partial charge is 0.123 e. The Labute approximate surface area is 128 Å². The van der Waals surface area contributed by atoms with Crippen molar-refractivity contribution in [2.75, 3.05) is 13.7 Å². The van der Waals surface area contributed by atoms with E-state index in [1.54, 1.807) is 7.11 Å². The van der Waals surface area contributed by atoms with Crippen LogP contribution in [-0.2, 0) is 5.41 Å². The van der Waals surface area contributed by atoms with Gasteiger partial charge in [0.1, 0.15) is 17.6 Å². The van der Waals surface area contributed by atoms with Gasteiger partial charge < -0.3 is 15.2 Å². The summed E-state index contributed by atoms with van der Waals surface area (Å²) in [5, 5.41) is 0. The van der Waals surface area contributed by atoms with E-state index in [2.05, 4.69) is 26.8 Å². The highest BCUT2D eigenvalue weighted by atomic mass is 16.5. The summed E-state index contributed by atoms with van der Waals surface area (Å²) in [7, 11) is 1.70. The quantitative estimate of drug-likeness (QED) is 0.915. The van der Waals surface area contributed by atoms with Crippen molar-refractivity contribution in [3.8, 4) is 11.5 Å². The molecule has 2 atom stereocenters. The van der Waals surface area contributed by atoms with Crippen LogP contribution >= 0.6 is 0 Å². The van der Waals surface area contributed by atoms with Crippen LogP contribution in [0.5, 0.6) is 11.5 Å². The third-order valence-electron chi connectivity index (χ3n) is 4.42. The number of hydrogen-bond donors (Lipinski definition) is 1. The molecule has 3 heteroatoms. The minimum Gasteiger partial charge on any atom is -0.497 e. The van der Waals surface area contributed by atoms with Crippen LogP contribution in [0.1, 0.15) is 52.0 Å². The molecule has 21 heavy (non-hydrogen) atoms. The van der Waals surface area contributed by atoms with Gasteiger partial charge in [0.05, 0.1) is 7.11 Å². The summed E-state index contributed by atoms with van der Waals surface area (Å²) in [5.74, 6) is 2.34. The van der Waals surface area contributed by atoms with Crippen LogP contribution in [0.25, 0.3) is 0 Å². The van der Waals surface area contributed by atoms with Gasteiger partial charge in [-0.2, -0.15) is 0 Å². The molecule has 0 aliphatic heterocycles. The topological polar surface area (TPSA) is 44.5 Å². The maximum absolute atomic E-state index is 6.38. The molecule has 1 aliphatic carbocycles. The molecule has 3 nitrogen and oxygen atoms in total. The Balaban J connectivity index is 2.26. The number of nitrogens with two attached hydrogens (primary N) is 1. The van der Waals surface area contributed by atoms with Crippen molar-refractivity contribution in [2.45, 2.75) is 58.0 Å². The fourth-order valence-electron chi connectivity index (χ4n) is 3.09. The van der Waals surface area contributed by atoms with E-state index in [-0.39, 0.29) is 11.5 Å². The highest BCUT2D eigenvalue weighted by molar-refractivity contribution is 5.44. The molecule has 2 N–H and O–H groups in total. The minimum absolute atomic E-state index is 0.0246. The largest absolute Gasteiger partial charge is 0.497 e. The summed E-state index contributed by atoms with van der Waals surface area (Å²) in [5.41, 5.74) is 7.14. The molecule has 0 radical (unpaired) electrons. The lowest BCUT2D eigenvalue weighted by molar-refractivity contribution is 0.0949. The molecule has 118 valence electrons. The lowest BCUT2D eigenvalue weighted by Crippen LogP contribution is -2.35. The predicted octanol–water partition coefficient (Wildman–Crippen LogP) is 3.89. The van der Waals surface area contributed by atoms with Crippen LogP contribution in [0.2, 0.25) is 0 Å². The van der Waals surface area contributed by atoms with E-state index < -0.39 is 0 Å². The Hall–Kier alpha value is -1.22. The fourth-order valence-corrected chi connectivity index (χ4v) is 3.09. The zero-order chi connectivity index (χ0) is 15.5. The summed E-state index contributed by atoms with van der Waals surface area (Å²) in [6, 6.07) is 6.11. The second kappa shape index (κ2) is 6.69. The van der Waals surface area contributed by atoms with Gasteiger partial charge in [-0.1, -0.05) is 27.2 Å². The fraction of sp³-hybridized carbons (Fsp3) is 0.667. The summed E-state index contributed by atoms with van der Waals surface area (Å²) < 4.78 is 11.7. The minimum atomic E-state index is 0.0246. The Kier molecular flexibility index (Phi) is 5.15. The van der Waals surface area contributed by atoms with Gasteiger partial charge in [-0.15, -0.1) is 0 Å². The standard InChI is InChI=1S/C18H29NO2/c1-18(2,3)15-11-14(20-4)9-10-17(15)21-16-8-6-5-7-13(16)12-19/h9-11,13,16H,5-8,12,19H2,1-4H3. The second-order valence-electron chi connectivity index (χ2n) is 7.05. The monoisotopic (exact) mass is 291 g/mol. The van der Waals surface area contributed by atoms with Gasteiger partial charge in [-0.05, 0) is 49.4 Å². The van der Waals surface area contributed by atoms with Gasteiger partial charge >= 0.3 is 0 Å². The van der Waals surface area contributed by atoms with Crippen LogP contribution in [0.4, 0.5) is 0 Å². The van der Waals surface area contributed by atoms with Gasteiger partial charge in [0.25, 0.3) is 0 Å². The number of ether oxygens (including phenoxy) is 2. The Bertz CT molecular complexity index is 465. The van der Waals surface area contributed by atoms with E-state index in [1.807, 2.05) is 12.1 Å². The molecule has 1 fully saturated rings. The summed E-state index contributed by atoms with van der Waals surface area (Å²) >= 11 is 0. The van der Waals surface area contributed by atoms with Gasteiger partial charge in [-0.25, -0.2) is 0 Å². The van der Waals surface area contributed by atoms with E-state index in [0.29, 0.717) is 12.5 Å². The highest BCUT2D eigenvalue weighted by Gasteiger charge is 2.28. The molecule has 0 aromatic heterocycles. The second-order valence-corrected chi connectivity index (χ2v) is 7.05. The maximum Gasteiger partial charge on any atom is 0.123 e. The van der Waals surface area contributed by atoms with Crippen LogP contribution in [0.15, 0.2) is 18.2 Å². The summed E-state index contributed by atoms with van der Waals surface area (Å²) in [4.78, 5) is 0. The molecular weight excluding hydrogens is 262 g/mol. The average Bonchev–Trinajstić information content (AvgIpc) is 2.47. The molecular formula is C18H29NO2.